The number of esters is 1. The second-order valence-corrected chi connectivity index (χ2v) is 4.39. The van der Waals surface area contributed by atoms with Gasteiger partial charge in [-0.2, -0.15) is 0 Å². The van der Waals surface area contributed by atoms with Gasteiger partial charge in [0.1, 0.15) is 0 Å². The molecule has 0 aromatic carbocycles. The van der Waals surface area contributed by atoms with E-state index in [-0.39, 0.29) is 11.4 Å². The Morgan fingerprint density at radius 3 is 2.62 bits per heavy atom. The van der Waals surface area contributed by atoms with Crippen LogP contribution in [0.25, 0.3) is 0 Å². The van der Waals surface area contributed by atoms with Gasteiger partial charge in [-0.25, -0.2) is 4.79 Å². The average molecular weight is 245 g/mol. The zero-order valence-corrected chi connectivity index (χ0v) is 9.64. The highest BCUT2D eigenvalue weighted by Crippen LogP contribution is 2.39. The quantitative estimate of drug-likeness (QED) is 0.699. The monoisotopic (exact) mass is 244 g/mol. The fourth-order valence-electron chi connectivity index (χ4n) is 1.15. The molecular weight excluding hydrogens is 232 g/mol. The molecule has 0 fully saturated rings. The van der Waals surface area contributed by atoms with Gasteiger partial charge < -0.3 is 4.74 Å². The maximum atomic E-state index is 11.3. The maximum Gasteiger partial charge on any atom is 0.337 e. The molecule has 0 unspecified atom stereocenters. The first-order valence-corrected chi connectivity index (χ1v) is 5.04. The van der Waals surface area contributed by atoms with Crippen LogP contribution in [-0.4, -0.2) is 12.6 Å². The summed E-state index contributed by atoms with van der Waals surface area (Å²) in [5.41, 5.74) is 0.556. The summed E-state index contributed by atoms with van der Waals surface area (Å²) in [5, 5.41) is 0. The van der Waals surface area contributed by atoms with Gasteiger partial charge in [-0.15, -0.1) is 0 Å². The zero-order valence-electron chi connectivity index (χ0n) is 8.06. The van der Waals surface area contributed by atoms with E-state index in [4.69, 9.17) is 4.74 Å². The minimum atomic E-state index is -0.245. The highest BCUT2D eigenvalue weighted by molar-refractivity contribution is 9.11. The molecule has 0 saturated carbocycles. The minimum absolute atomic E-state index is 0.0813. The van der Waals surface area contributed by atoms with E-state index in [0.717, 1.165) is 4.48 Å². The molecule has 1 aliphatic carbocycles. The van der Waals surface area contributed by atoms with Crippen LogP contribution in [0.15, 0.2) is 22.2 Å². The summed E-state index contributed by atoms with van der Waals surface area (Å²) < 4.78 is 5.91. The second-order valence-electron chi connectivity index (χ2n) is 3.53. The van der Waals surface area contributed by atoms with E-state index in [1.807, 2.05) is 26.0 Å². The molecule has 0 N–H and O–H groups in total. The highest BCUT2D eigenvalue weighted by Gasteiger charge is 2.27. The van der Waals surface area contributed by atoms with E-state index in [0.29, 0.717) is 12.2 Å². The standard InChI is InChI=1S/C10H13BrO2/c1-4-13-9(12)7-5-8(11)10(2,3)6-7/h5-6H,4H2,1-3H3. The number of halogens is 1. The van der Waals surface area contributed by atoms with Crippen LogP contribution in [0, 0.1) is 5.41 Å². The van der Waals surface area contributed by atoms with Crippen molar-refractivity contribution < 1.29 is 9.53 Å². The Kier molecular flexibility index (Phi) is 2.96. The summed E-state index contributed by atoms with van der Waals surface area (Å²) in [6, 6.07) is 0. The van der Waals surface area contributed by atoms with Gasteiger partial charge >= 0.3 is 5.97 Å². The molecule has 3 heteroatoms. The number of hydrogen-bond donors (Lipinski definition) is 0. The van der Waals surface area contributed by atoms with E-state index in [2.05, 4.69) is 15.9 Å². The molecular formula is C10H13BrO2. The Bertz CT molecular complexity index is 287. The SMILES string of the molecule is CCOC(=O)C1=CC(C)(C)C(Br)=C1. The van der Waals surface area contributed by atoms with Crippen LogP contribution in [0.2, 0.25) is 0 Å². The number of carbonyl (C=O) groups excluding carboxylic acids is 1. The van der Waals surface area contributed by atoms with Crippen molar-refractivity contribution in [3.63, 3.8) is 0 Å². The van der Waals surface area contributed by atoms with E-state index in [9.17, 15) is 4.79 Å². The molecule has 13 heavy (non-hydrogen) atoms. The lowest BCUT2D eigenvalue weighted by Crippen LogP contribution is -2.06. The molecule has 0 amide bonds. The summed E-state index contributed by atoms with van der Waals surface area (Å²) in [4.78, 5) is 11.3. The van der Waals surface area contributed by atoms with E-state index in [1.165, 1.54) is 0 Å². The molecule has 1 rings (SSSR count). The third-order valence-corrected chi connectivity index (χ3v) is 3.18. The summed E-state index contributed by atoms with van der Waals surface area (Å²) in [6.07, 6.45) is 3.73. The van der Waals surface area contributed by atoms with Gasteiger partial charge in [0, 0.05) is 9.90 Å². The third kappa shape index (κ3) is 2.21. The van der Waals surface area contributed by atoms with Crippen LogP contribution in [0.3, 0.4) is 0 Å². The molecule has 0 atom stereocenters. The number of allylic oxidation sites excluding steroid dienone is 2. The molecule has 0 saturated heterocycles. The first-order valence-electron chi connectivity index (χ1n) is 4.25. The normalized spacial score (nSPS) is 19.4. The first kappa shape index (κ1) is 10.5. The first-order chi connectivity index (χ1) is 5.97. The fourth-order valence-corrected chi connectivity index (χ4v) is 1.52. The van der Waals surface area contributed by atoms with E-state index in [1.54, 1.807) is 6.92 Å². The number of ether oxygens (including phenoxy) is 1. The van der Waals surface area contributed by atoms with Crippen LogP contribution < -0.4 is 0 Å². The van der Waals surface area contributed by atoms with Crippen LogP contribution in [0.1, 0.15) is 20.8 Å². The van der Waals surface area contributed by atoms with Gasteiger partial charge in [-0.3, -0.25) is 0 Å². The largest absolute Gasteiger partial charge is 0.462 e. The lowest BCUT2D eigenvalue weighted by molar-refractivity contribution is -0.138. The van der Waals surface area contributed by atoms with Crippen molar-refractivity contribution in [3.8, 4) is 0 Å². The molecule has 0 heterocycles. The summed E-state index contributed by atoms with van der Waals surface area (Å²) >= 11 is 3.42. The van der Waals surface area contributed by atoms with Crippen LogP contribution >= 0.6 is 15.9 Å². The maximum absolute atomic E-state index is 11.3. The Morgan fingerprint density at radius 1 is 1.62 bits per heavy atom. The number of carbonyl (C=O) groups is 1. The minimum Gasteiger partial charge on any atom is -0.462 e. The van der Waals surface area contributed by atoms with Crippen LogP contribution in [0.5, 0.6) is 0 Å². The molecule has 0 radical (unpaired) electrons. The van der Waals surface area contributed by atoms with Gasteiger partial charge in [0.2, 0.25) is 0 Å². The van der Waals surface area contributed by atoms with Gasteiger partial charge in [0.05, 0.1) is 12.2 Å². The fraction of sp³-hybridized carbons (Fsp3) is 0.500. The average Bonchev–Trinajstić information content (AvgIpc) is 2.27. The van der Waals surface area contributed by atoms with Crippen molar-refractivity contribution in [2.75, 3.05) is 6.61 Å². The van der Waals surface area contributed by atoms with Crippen molar-refractivity contribution in [1.29, 1.82) is 0 Å². The Morgan fingerprint density at radius 2 is 2.23 bits per heavy atom. The zero-order chi connectivity index (χ0) is 10.1. The Balaban J connectivity index is 2.81. The summed E-state index contributed by atoms with van der Waals surface area (Å²) in [5.74, 6) is -0.245. The molecule has 2 nitrogen and oxygen atoms in total. The molecule has 0 aromatic rings. The van der Waals surface area contributed by atoms with Gasteiger partial charge in [-0.1, -0.05) is 35.9 Å². The van der Waals surface area contributed by atoms with E-state index >= 15 is 0 Å². The third-order valence-electron chi connectivity index (χ3n) is 1.93. The Labute approximate surface area is 86.8 Å². The summed E-state index contributed by atoms with van der Waals surface area (Å²) in [6.45, 7) is 6.30. The second kappa shape index (κ2) is 3.66. The van der Waals surface area contributed by atoms with E-state index < -0.39 is 0 Å². The molecule has 72 valence electrons. The topological polar surface area (TPSA) is 26.3 Å². The molecule has 1 aliphatic rings. The number of rotatable bonds is 2. The predicted octanol–water partition coefficient (Wildman–Crippen LogP) is 2.79. The lowest BCUT2D eigenvalue weighted by Gasteiger charge is -2.14. The molecule has 0 aliphatic heterocycles. The molecule has 0 aromatic heterocycles. The predicted molar refractivity (Wildman–Crippen MR) is 55.5 cm³/mol. The van der Waals surface area contributed by atoms with Crippen LogP contribution in [-0.2, 0) is 9.53 Å². The van der Waals surface area contributed by atoms with Crippen molar-refractivity contribution >= 4 is 21.9 Å². The van der Waals surface area contributed by atoms with Crippen LogP contribution in [0.4, 0.5) is 0 Å². The molecule has 0 spiro atoms. The Hall–Kier alpha value is -0.570. The van der Waals surface area contributed by atoms with Crippen molar-refractivity contribution in [3.05, 3.63) is 22.2 Å². The summed E-state index contributed by atoms with van der Waals surface area (Å²) in [7, 11) is 0. The lowest BCUT2D eigenvalue weighted by atomic mass is 9.96. The molecule has 0 bridgehead atoms. The van der Waals surface area contributed by atoms with Gasteiger partial charge in [0.15, 0.2) is 0 Å². The number of hydrogen-bond acceptors (Lipinski definition) is 2. The van der Waals surface area contributed by atoms with Crippen molar-refractivity contribution in [2.24, 2.45) is 5.41 Å². The van der Waals surface area contributed by atoms with Crippen molar-refractivity contribution in [2.45, 2.75) is 20.8 Å². The van der Waals surface area contributed by atoms with Crippen molar-refractivity contribution in [1.82, 2.24) is 0 Å². The highest BCUT2D eigenvalue weighted by atomic mass is 79.9. The smallest absolute Gasteiger partial charge is 0.337 e. The van der Waals surface area contributed by atoms with Gasteiger partial charge in [-0.05, 0) is 13.0 Å². The van der Waals surface area contributed by atoms with Gasteiger partial charge in [0.25, 0.3) is 0 Å².